The molecule has 0 rings (SSSR count). The first kappa shape index (κ1) is 29.2. The molecule has 0 aromatic heterocycles. The fourth-order valence-corrected chi connectivity index (χ4v) is 0. The maximum absolute atomic E-state index is 3.50. The molecule has 82 valence electrons. The van der Waals surface area contributed by atoms with Crippen molar-refractivity contribution in [3.8, 4) is 0 Å². The monoisotopic (exact) mass is 266 g/mol. The summed E-state index contributed by atoms with van der Waals surface area (Å²) in [5.74, 6) is 0. The summed E-state index contributed by atoms with van der Waals surface area (Å²) in [4.78, 5) is 0. The van der Waals surface area contributed by atoms with Gasteiger partial charge in [0.2, 0.25) is 0 Å². The van der Waals surface area contributed by atoms with Crippen LogP contribution in [-0.4, -0.2) is 56.4 Å². The van der Waals surface area contributed by atoms with Gasteiger partial charge in [-0.05, 0) is 0 Å². The normalized spacial score (nSPS) is 5.54. The Balaban J connectivity index is -0.0000000213. The Bertz CT molecular complexity index is 24.1. The molecule has 0 heterocycles. The van der Waals surface area contributed by atoms with Crippen molar-refractivity contribution < 1.29 is 26.2 Å². The minimum Gasteiger partial charge on any atom is -0.668 e. The average molecular weight is 268 g/mol. The summed E-state index contributed by atoms with van der Waals surface area (Å²) in [7, 11) is 14.0. The summed E-state index contributed by atoms with van der Waals surface area (Å²) in [5.41, 5.74) is 0. The standard InChI is InChI=1S/4C2H6N.Zr/c4*1-3-2;/h4*1-2H3;/q4*-1;+2. The van der Waals surface area contributed by atoms with Crippen LogP contribution in [0.25, 0.3) is 21.3 Å². The number of rotatable bonds is 0. The van der Waals surface area contributed by atoms with Crippen LogP contribution in [0.5, 0.6) is 0 Å². The molecular formula is C8H24N4Zr-2. The van der Waals surface area contributed by atoms with Gasteiger partial charge in [0.1, 0.15) is 0 Å². The maximum Gasteiger partial charge on any atom is 2.00 e. The van der Waals surface area contributed by atoms with Gasteiger partial charge in [-0.1, -0.05) is 0 Å². The van der Waals surface area contributed by atoms with Crippen LogP contribution in [0.1, 0.15) is 0 Å². The van der Waals surface area contributed by atoms with Crippen molar-refractivity contribution >= 4 is 0 Å². The molecule has 0 amide bonds. The van der Waals surface area contributed by atoms with Gasteiger partial charge in [0.25, 0.3) is 0 Å². The van der Waals surface area contributed by atoms with E-state index in [1.165, 1.54) is 0 Å². The third kappa shape index (κ3) is 2800. The summed E-state index contributed by atoms with van der Waals surface area (Å²) in [5, 5.41) is 14.0. The summed E-state index contributed by atoms with van der Waals surface area (Å²) in [6.07, 6.45) is 0. The van der Waals surface area contributed by atoms with Gasteiger partial charge in [0, 0.05) is 0 Å². The molecule has 0 aliphatic carbocycles. The Morgan fingerprint density at radius 2 is 0.385 bits per heavy atom. The second-order valence-corrected chi connectivity index (χ2v) is 1.79. The largest absolute Gasteiger partial charge is 2.00 e. The summed E-state index contributed by atoms with van der Waals surface area (Å²) in [6, 6.07) is 0. The molecule has 0 bridgehead atoms. The van der Waals surface area contributed by atoms with Crippen LogP contribution in [0.15, 0.2) is 0 Å². The quantitative estimate of drug-likeness (QED) is 0.647. The van der Waals surface area contributed by atoms with Crippen molar-refractivity contribution in [2.24, 2.45) is 0 Å². The third-order valence-corrected chi connectivity index (χ3v) is 0. The molecule has 0 radical (unpaired) electrons. The van der Waals surface area contributed by atoms with Crippen molar-refractivity contribution in [1.82, 2.24) is 0 Å². The van der Waals surface area contributed by atoms with E-state index in [2.05, 4.69) is 21.3 Å². The zero-order valence-electron chi connectivity index (χ0n) is 10.3. The van der Waals surface area contributed by atoms with Gasteiger partial charge >= 0.3 is 26.2 Å². The molecular weight excluding hydrogens is 243 g/mol. The molecule has 0 saturated carbocycles. The predicted molar refractivity (Wildman–Crippen MR) is 60.8 cm³/mol. The Kier molecular flexibility index (Phi) is 176. The first-order valence-corrected chi connectivity index (χ1v) is 3.58. The zero-order chi connectivity index (χ0) is 10.8. The summed E-state index contributed by atoms with van der Waals surface area (Å²) in [6.45, 7) is 0. The van der Waals surface area contributed by atoms with Crippen LogP contribution < -0.4 is 0 Å². The first-order valence-electron chi connectivity index (χ1n) is 3.58. The van der Waals surface area contributed by atoms with Crippen LogP contribution in [0.4, 0.5) is 0 Å². The van der Waals surface area contributed by atoms with Crippen LogP contribution >= 0.6 is 0 Å². The van der Waals surface area contributed by atoms with Crippen molar-refractivity contribution in [3.63, 3.8) is 0 Å². The number of hydrogen-bond donors (Lipinski definition) is 0. The molecule has 0 aromatic carbocycles. The zero-order valence-corrected chi connectivity index (χ0v) is 12.7. The molecule has 0 spiro atoms. The fourth-order valence-electron chi connectivity index (χ4n) is 0. The Hall–Kier alpha value is 0.723. The number of nitrogens with zero attached hydrogens (tertiary/aromatic N) is 4. The summed E-state index contributed by atoms with van der Waals surface area (Å²) >= 11 is 0. The van der Waals surface area contributed by atoms with E-state index in [0.717, 1.165) is 0 Å². The Labute approximate surface area is 104 Å². The molecule has 0 fully saturated rings. The molecule has 0 N–H and O–H groups in total. The predicted octanol–water partition coefficient (Wildman–Crippen LogP) is 2.48. The molecule has 5 heteroatoms. The van der Waals surface area contributed by atoms with E-state index in [9.17, 15) is 0 Å². The molecule has 0 saturated heterocycles. The van der Waals surface area contributed by atoms with E-state index in [0.29, 0.717) is 0 Å². The van der Waals surface area contributed by atoms with Gasteiger partial charge in [-0.2, -0.15) is 56.4 Å². The molecule has 0 unspecified atom stereocenters. The van der Waals surface area contributed by atoms with Crippen LogP contribution in [0.3, 0.4) is 0 Å². The van der Waals surface area contributed by atoms with E-state index in [4.69, 9.17) is 0 Å². The van der Waals surface area contributed by atoms with Gasteiger partial charge in [-0.25, -0.2) is 0 Å². The van der Waals surface area contributed by atoms with E-state index in [1.807, 2.05) is 0 Å². The van der Waals surface area contributed by atoms with E-state index in [-0.39, 0.29) is 26.2 Å². The number of hydrogen-bond acceptors (Lipinski definition) is 0. The van der Waals surface area contributed by atoms with Crippen molar-refractivity contribution in [2.45, 2.75) is 0 Å². The van der Waals surface area contributed by atoms with Crippen LogP contribution in [0.2, 0.25) is 0 Å². The van der Waals surface area contributed by atoms with Crippen molar-refractivity contribution in [2.75, 3.05) is 56.4 Å². The molecule has 13 heavy (non-hydrogen) atoms. The Morgan fingerprint density at radius 3 is 0.385 bits per heavy atom. The third-order valence-electron chi connectivity index (χ3n) is 0. The van der Waals surface area contributed by atoms with E-state index < -0.39 is 0 Å². The molecule has 0 aromatic rings. The Morgan fingerprint density at radius 1 is 0.385 bits per heavy atom. The average Bonchev–Trinajstić information content (AvgIpc) is 1.92. The van der Waals surface area contributed by atoms with Gasteiger partial charge in [-0.15, -0.1) is 0 Å². The minimum atomic E-state index is 0. The molecule has 4 nitrogen and oxygen atoms in total. The van der Waals surface area contributed by atoms with E-state index in [1.54, 1.807) is 56.4 Å². The summed E-state index contributed by atoms with van der Waals surface area (Å²) < 4.78 is 0. The fraction of sp³-hybridized carbons (Fsp3) is 1.00. The van der Waals surface area contributed by atoms with Gasteiger partial charge in [0.15, 0.2) is 0 Å². The molecule has 0 aliphatic heterocycles. The van der Waals surface area contributed by atoms with E-state index >= 15 is 0 Å². The maximum atomic E-state index is 3.50. The molecule has 0 atom stereocenters. The topological polar surface area (TPSA) is 56.4 Å². The second-order valence-electron chi connectivity index (χ2n) is 1.79. The van der Waals surface area contributed by atoms with Gasteiger partial charge in [0.05, 0.1) is 0 Å². The SMILES string of the molecule is C[N-]C.C[N-]C.C[N-]C.C[N-]C.[Zr+2]. The minimum absolute atomic E-state index is 0. The molecule has 0 aliphatic rings. The van der Waals surface area contributed by atoms with Gasteiger partial charge in [-0.3, -0.25) is 0 Å². The van der Waals surface area contributed by atoms with Crippen LogP contribution in [-0.2, 0) is 26.2 Å². The first-order chi connectivity index (χ1) is 5.66. The van der Waals surface area contributed by atoms with Crippen LogP contribution in [0, 0.1) is 0 Å². The van der Waals surface area contributed by atoms with Crippen molar-refractivity contribution in [1.29, 1.82) is 0 Å². The van der Waals surface area contributed by atoms with Crippen molar-refractivity contribution in [3.05, 3.63) is 21.3 Å². The van der Waals surface area contributed by atoms with Gasteiger partial charge < -0.3 is 21.3 Å². The smallest absolute Gasteiger partial charge is 0.668 e. The second kappa shape index (κ2) is 78.4.